The van der Waals surface area contributed by atoms with Gasteiger partial charge in [0.25, 0.3) is 0 Å². The number of ether oxygens (including phenoxy) is 1. The number of hydrogen-bond donors (Lipinski definition) is 1. The van der Waals surface area contributed by atoms with Crippen molar-refractivity contribution >= 4 is 15.9 Å². The highest BCUT2D eigenvalue weighted by atomic mass is 79.9. The van der Waals surface area contributed by atoms with Crippen molar-refractivity contribution in [1.29, 1.82) is 0 Å². The van der Waals surface area contributed by atoms with E-state index < -0.39 is 0 Å². The molecule has 1 N–H and O–H groups in total. The molecule has 0 atom stereocenters. The van der Waals surface area contributed by atoms with Gasteiger partial charge in [-0.05, 0) is 0 Å². The van der Waals surface area contributed by atoms with Crippen LogP contribution in [0, 0.1) is 0 Å². The van der Waals surface area contributed by atoms with Gasteiger partial charge in [0, 0.05) is 24.7 Å². The van der Waals surface area contributed by atoms with Crippen LogP contribution in [0.25, 0.3) is 0 Å². The normalized spacial score (nSPS) is 9.56. The van der Waals surface area contributed by atoms with Gasteiger partial charge in [-0.25, -0.2) is 0 Å². The van der Waals surface area contributed by atoms with Gasteiger partial charge in [-0.15, -0.1) is 0 Å². The van der Waals surface area contributed by atoms with Gasteiger partial charge >= 0.3 is 0 Å². The summed E-state index contributed by atoms with van der Waals surface area (Å²) < 4.78 is 5.79. The Morgan fingerprint density at radius 3 is 2.89 bits per heavy atom. The number of halogens is 1. The average Bonchev–Trinajstić information content (AvgIpc) is 1.80. The maximum absolute atomic E-state index is 4.82. The smallest absolute Gasteiger partial charge is 0.0587 e. The Labute approximate surface area is 64.4 Å². The molecule has 0 fully saturated rings. The van der Waals surface area contributed by atoms with Crippen molar-refractivity contribution in [3.63, 3.8) is 0 Å². The Bertz CT molecular complexity index is 85.1. The first-order valence-corrected chi connectivity index (χ1v) is 3.59. The van der Waals surface area contributed by atoms with E-state index >= 15 is 0 Å². The zero-order valence-corrected chi connectivity index (χ0v) is 7.20. The highest BCUT2D eigenvalue weighted by Gasteiger charge is 1.85. The van der Waals surface area contributed by atoms with Gasteiger partial charge < -0.3 is 10.1 Å². The molecule has 0 radical (unpaired) electrons. The van der Waals surface area contributed by atoms with Crippen LogP contribution in [0.4, 0.5) is 0 Å². The van der Waals surface area contributed by atoms with Crippen LogP contribution in [0.1, 0.15) is 0 Å². The second kappa shape index (κ2) is 6.26. The lowest BCUT2D eigenvalue weighted by molar-refractivity contribution is 0.200. The summed E-state index contributed by atoms with van der Waals surface area (Å²) in [6, 6.07) is 0. The van der Waals surface area contributed by atoms with Crippen LogP contribution in [0.15, 0.2) is 11.1 Å². The van der Waals surface area contributed by atoms with Crippen molar-refractivity contribution in [2.45, 2.75) is 0 Å². The van der Waals surface area contributed by atoms with Gasteiger partial charge in [0.15, 0.2) is 0 Å². The van der Waals surface area contributed by atoms with Gasteiger partial charge in [-0.3, -0.25) is 0 Å². The molecule has 0 heterocycles. The van der Waals surface area contributed by atoms with Crippen LogP contribution < -0.4 is 5.32 Å². The summed E-state index contributed by atoms with van der Waals surface area (Å²) in [5.41, 5.74) is 0. The zero-order chi connectivity index (χ0) is 7.11. The lowest BCUT2D eigenvalue weighted by atomic mass is 10.6. The molecular weight excluding hydrogens is 182 g/mol. The molecule has 3 heteroatoms. The summed E-state index contributed by atoms with van der Waals surface area (Å²) in [5, 5.41) is 3.11. The molecule has 0 aromatic carbocycles. The highest BCUT2D eigenvalue weighted by Crippen LogP contribution is 1.95. The van der Waals surface area contributed by atoms with E-state index in [4.69, 9.17) is 4.74 Å². The Balaban J connectivity index is 2.83. The zero-order valence-electron chi connectivity index (χ0n) is 5.61. The summed E-state index contributed by atoms with van der Waals surface area (Å²) in [6.45, 7) is 6.10. The predicted molar refractivity (Wildman–Crippen MR) is 42.8 cm³/mol. The third kappa shape index (κ3) is 8.14. The molecule has 0 spiro atoms. The molecule has 0 aromatic rings. The third-order valence-corrected chi connectivity index (χ3v) is 1.08. The first kappa shape index (κ1) is 9.14. The summed E-state index contributed by atoms with van der Waals surface area (Å²) in [6.07, 6.45) is 0. The van der Waals surface area contributed by atoms with E-state index in [2.05, 4.69) is 27.8 Å². The minimum atomic E-state index is 0.750. The summed E-state index contributed by atoms with van der Waals surface area (Å²) >= 11 is 3.23. The van der Waals surface area contributed by atoms with E-state index in [-0.39, 0.29) is 0 Å². The molecule has 0 saturated heterocycles. The molecule has 0 aliphatic rings. The van der Waals surface area contributed by atoms with Crippen LogP contribution in [-0.4, -0.2) is 26.8 Å². The Morgan fingerprint density at radius 2 is 2.44 bits per heavy atom. The van der Waals surface area contributed by atoms with Crippen LogP contribution >= 0.6 is 15.9 Å². The standard InChI is InChI=1S/C6H12BrNO/c1-6(7)5-8-3-4-9-2/h8H,1,3-5H2,2H3. The first-order valence-electron chi connectivity index (χ1n) is 2.80. The fourth-order valence-corrected chi connectivity index (χ4v) is 0.597. The molecular formula is C6H12BrNO. The third-order valence-electron chi connectivity index (χ3n) is 0.800. The molecule has 54 valence electrons. The van der Waals surface area contributed by atoms with Crippen molar-refractivity contribution in [2.75, 3.05) is 26.8 Å². The van der Waals surface area contributed by atoms with Crippen LogP contribution in [0.3, 0.4) is 0 Å². The molecule has 0 amide bonds. The van der Waals surface area contributed by atoms with Gasteiger partial charge in [-0.1, -0.05) is 22.5 Å². The Hall–Kier alpha value is 0.140. The number of hydrogen-bond acceptors (Lipinski definition) is 2. The molecule has 0 bridgehead atoms. The first-order chi connectivity index (χ1) is 4.27. The monoisotopic (exact) mass is 193 g/mol. The maximum Gasteiger partial charge on any atom is 0.0587 e. The summed E-state index contributed by atoms with van der Waals surface area (Å²) in [7, 11) is 1.69. The highest BCUT2D eigenvalue weighted by molar-refractivity contribution is 9.11. The van der Waals surface area contributed by atoms with Crippen LogP contribution in [-0.2, 0) is 4.74 Å². The van der Waals surface area contributed by atoms with E-state index in [1.54, 1.807) is 7.11 Å². The van der Waals surface area contributed by atoms with Crippen molar-refractivity contribution < 1.29 is 4.74 Å². The van der Waals surface area contributed by atoms with Gasteiger partial charge in [0.05, 0.1) is 6.61 Å². The van der Waals surface area contributed by atoms with E-state index in [1.165, 1.54) is 0 Å². The molecule has 0 unspecified atom stereocenters. The molecule has 0 saturated carbocycles. The fraction of sp³-hybridized carbons (Fsp3) is 0.667. The van der Waals surface area contributed by atoms with Crippen LogP contribution in [0.5, 0.6) is 0 Å². The quantitative estimate of drug-likeness (QED) is 0.662. The van der Waals surface area contributed by atoms with Crippen molar-refractivity contribution in [2.24, 2.45) is 0 Å². The summed E-state index contributed by atoms with van der Waals surface area (Å²) in [4.78, 5) is 0. The Morgan fingerprint density at radius 1 is 1.78 bits per heavy atom. The van der Waals surface area contributed by atoms with E-state index in [0.29, 0.717) is 0 Å². The molecule has 2 nitrogen and oxygen atoms in total. The molecule has 0 aliphatic heterocycles. The lowest BCUT2D eigenvalue weighted by Crippen LogP contribution is -2.19. The molecule has 0 aromatic heterocycles. The van der Waals surface area contributed by atoms with Crippen LogP contribution in [0.2, 0.25) is 0 Å². The van der Waals surface area contributed by atoms with E-state index in [9.17, 15) is 0 Å². The minimum absolute atomic E-state index is 0.750. The van der Waals surface area contributed by atoms with Gasteiger partial charge in [-0.2, -0.15) is 0 Å². The maximum atomic E-state index is 4.82. The second-order valence-corrected chi connectivity index (χ2v) is 2.81. The molecule has 0 aliphatic carbocycles. The SMILES string of the molecule is C=C(Br)CNCCOC. The summed E-state index contributed by atoms with van der Waals surface area (Å²) in [5.74, 6) is 0. The van der Waals surface area contributed by atoms with E-state index in [1.807, 2.05) is 0 Å². The predicted octanol–water partition coefficient (Wildman–Crippen LogP) is 1.13. The largest absolute Gasteiger partial charge is 0.383 e. The van der Waals surface area contributed by atoms with Gasteiger partial charge in [0.2, 0.25) is 0 Å². The molecule has 9 heavy (non-hydrogen) atoms. The minimum Gasteiger partial charge on any atom is -0.383 e. The molecule has 0 rings (SSSR count). The lowest BCUT2D eigenvalue weighted by Gasteiger charge is -2.00. The number of methoxy groups -OCH3 is 1. The van der Waals surface area contributed by atoms with Gasteiger partial charge in [0.1, 0.15) is 0 Å². The van der Waals surface area contributed by atoms with Crippen molar-refractivity contribution in [3.8, 4) is 0 Å². The topological polar surface area (TPSA) is 21.3 Å². The number of nitrogens with one attached hydrogen (secondary N) is 1. The van der Waals surface area contributed by atoms with Crippen molar-refractivity contribution in [3.05, 3.63) is 11.1 Å². The van der Waals surface area contributed by atoms with Crippen molar-refractivity contribution in [1.82, 2.24) is 5.32 Å². The number of rotatable bonds is 5. The average molecular weight is 194 g/mol. The second-order valence-electron chi connectivity index (χ2n) is 1.69. The fourth-order valence-electron chi connectivity index (χ4n) is 0.398. The Kier molecular flexibility index (Phi) is 6.36. The van der Waals surface area contributed by atoms with E-state index in [0.717, 1.165) is 24.2 Å².